The first kappa shape index (κ1) is 20.3. The van der Waals surface area contributed by atoms with E-state index in [1.807, 2.05) is 47.3 Å². The van der Waals surface area contributed by atoms with Gasteiger partial charge in [0, 0.05) is 23.6 Å². The van der Waals surface area contributed by atoms with Gasteiger partial charge in [-0.1, -0.05) is 54.2 Å². The fourth-order valence-corrected chi connectivity index (χ4v) is 4.38. The Morgan fingerprint density at radius 1 is 1.07 bits per heavy atom. The van der Waals surface area contributed by atoms with Crippen LogP contribution in [-0.2, 0) is 11.8 Å². The summed E-state index contributed by atoms with van der Waals surface area (Å²) >= 11 is 2.77. The summed E-state index contributed by atoms with van der Waals surface area (Å²) in [5, 5.41) is 14.6. The number of hydrogen-bond donors (Lipinski definition) is 1. The molecule has 4 aromatic rings. The molecule has 8 heteroatoms. The summed E-state index contributed by atoms with van der Waals surface area (Å²) in [5.41, 5.74) is 5.38. The zero-order valence-corrected chi connectivity index (χ0v) is 18.5. The van der Waals surface area contributed by atoms with Crippen molar-refractivity contribution in [3.63, 3.8) is 0 Å². The zero-order valence-electron chi connectivity index (χ0n) is 16.9. The van der Waals surface area contributed by atoms with Gasteiger partial charge in [-0.3, -0.25) is 4.79 Å². The summed E-state index contributed by atoms with van der Waals surface area (Å²) < 4.78 is 1.90. The molecule has 1 amide bonds. The van der Waals surface area contributed by atoms with Crippen molar-refractivity contribution >= 4 is 34.1 Å². The fraction of sp³-hybridized carbons (Fsp3) is 0.182. The molecule has 2 heterocycles. The molecule has 152 valence electrons. The predicted octanol–water partition coefficient (Wildman–Crippen LogP) is 4.95. The highest BCUT2D eigenvalue weighted by atomic mass is 32.2. The van der Waals surface area contributed by atoms with Crippen LogP contribution in [0.5, 0.6) is 0 Å². The molecule has 4 rings (SSSR count). The maximum atomic E-state index is 12.4. The molecule has 0 fully saturated rings. The van der Waals surface area contributed by atoms with E-state index in [2.05, 4.69) is 52.5 Å². The van der Waals surface area contributed by atoms with Crippen LogP contribution >= 0.6 is 23.1 Å². The Bertz CT molecular complexity index is 1180. The first-order chi connectivity index (χ1) is 14.5. The molecule has 6 nitrogen and oxygen atoms in total. The molecule has 0 radical (unpaired) electrons. The number of hydrogen-bond acceptors (Lipinski definition) is 6. The Hall–Kier alpha value is -2.97. The van der Waals surface area contributed by atoms with E-state index in [1.54, 1.807) is 0 Å². The van der Waals surface area contributed by atoms with E-state index in [9.17, 15) is 4.79 Å². The number of aromatic nitrogens is 4. The Morgan fingerprint density at radius 2 is 1.87 bits per heavy atom. The molecule has 0 aliphatic heterocycles. The molecule has 0 saturated carbocycles. The molecule has 0 bridgehead atoms. The Kier molecular flexibility index (Phi) is 5.96. The van der Waals surface area contributed by atoms with E-state index in [0.717, 1.165) is 22.6 Å². The molecule has 0 spiro atoms. The maximum absolute atomic E-state index is 12.4. The molecular formula is C22H21N5OS2. The number of thiazole rings is 1. The van der Waals surface area contributed by atoms with E-state index < -0.39 is 0 Å². The van der Waals surface area contributed by atoms with Gasteiger partial charge in [-0.05, 0) is 31.0 Å². The lowest BCUT2D eigenvalue weighted by molar-refractivity contribution is -0.113. The van der Waals surface area contributed by atoms with E-state index >= 15 is 0 Å². The van der Waals surface area contributed by atoms with Crippen LogP contribution in [0.1, 0.15) is 11.1 Å². The highest BCUT2D eigenvalue weighted by molar-refractivity contribution is 7.99. The van der Waals surface area contributed by atoms with Crippen LogP contribution in [0.4, 0.5) is 5.13 Å². The summed E-state index contributed by atoms with van der Waals surface area (Å²) in [5.74, 6) is 0.890. The second-order valence-electron chi connectivity index (χ2n) is 6.91. The van der Waals surface area contributed by atoms with Crippen molar-refractivity contribution < 1.29 is 4.79 Å². The molecule has 2 aromatic carbocycles. The molecule has 0 aliphatic carbocycles. The topological polar surface area (TPSA) is 72.7 Å². The molecule has 0 unspecified atom stereocenters. The lowest BCUT2D eigenvalue weighted by Gasteiger charge is -2.04. The normalized spacial score (nSPS) is 10.9. The van der Waals surface area contributed by atoms with Crippen LogP contribution in [0.3, 0.4) is 0 Å². The third-order valence-corrected chi connectivity index (χ3v) is 6.53. The third-order valence-electron chi connectivity index (χ3n) is 4.75. The standard InChI is InChI=1S/C22H21N5OS2/c1-14-9-10-17(11-15(14)2)18-12-29-21(23-18)24-19(28)13-30-22-26-25-20(27(22)3)16-7-5-4-6-8-16/h4-12H,13H2,1-3H3,(H,23,24,28). The van der Waals surface area contributed by atoms with Crippen LogP contribution in [0, 0.1) is 13.8 Å². The van der Waals surface area contributed by atoms with Crippen molar-refractivity contribution in [2.75, 3.05) is 11.1 Å². The molecule has 2 aromatic heterocycles. The average Bonchev–Trinajstić information content (AvgIpc) is 3.36. The summed E-state index contributed by atoms with van der Waals surface area (Å²) in [4.78, 5) is 16.9. The van der Waals surface area contributed by atoms with Gasteiger partial charge >= 0.3 is 0 Å². The number of thioether (sulfide) groups is 1. The SMILES string of the molecule is Cc1ccc(-c2csc(NC(=O)CSc3nnc(-c4ccccc4)n3C)n2)cc1C. The maximum Gasteiger partial charge on any atom is 0.236 e. The smallest absolute Gasteiger partial charge is 0.236 e. The fourth-order valence-electron chi connectivity index (χ4n) is 2.93. The van der Waals surface area contributed by atoms with Gasteiger partial charge in [0.25, 0.3) is 0 Å². The molecule has 30 heavy (non-hydrogen) atoms. The number of anilines is 1. The summed E-state index contributed by atoms with van der Waals surface area (Å²) in [6.07, 6.45) is 0. The third kappa shape index (κ3) is 4.44. The van der Waals surface area contributed by atoms with Crippen LogP contribution in [0.15, 0.2) is 59.1 Å². The number of aryl methyl sites for hydroxylation is 2. The molecule has 0 atom stereocenters. The van der Waals surface area contributed by atoms with Gasteiger partial charge in [-0.15, -0.1) is 21.5 Å². The van der Waals surface area contributed by atoms with Crippen molar-refractivity contribution in [1.82, 2.24) is 19.7 Å². The number of amides is 1. The Morgan fingerprint density at radius 3 is 2.63 bits per heavy atom. The van der Waals surface area contributed by atoms with Crippen molar-refractivity contribution in [3.8, 4) is 22.6 Å². The zero-order chi connectivity index (χ0) is 21.1. The van der Waals surface area contributed by atoms with Gasteiger partial charge in [0.2, 0.25) is 5.91 Å². The number of nitrogens with zero attached hydrogens (tertiary/aromatic N) is 4. The number of nitrogens with one attached hydrogen (secondary N) is 1. The lowest BCUT2D eigenvalue weighted by Crippen LogP contribution is -2.14. The molecule has 1 N–H and O–H groups in total. The molecule has 0 aliphatic rings. The minimum absolute atomic E-state index is 0.120. The van der Waals surface area contributed by atoms with Gasteiger partial charge in [0.05, 0.1) is 11.4 Å². The quantitative estimate of drug-likeness (QED) is 0.434. The van der Waals surface area contributed by atoms with E-state index in [4.69, 9.17) is 0 Å². The first-order valence-corrected chi connectivity index (χ1v) is 11.3. The predicted molar refractivity (Wildman–Crippen MR) is 123 cm³/mol. The van der Waals surface area contributed by atoms with Crippen molar-refractivity contribution in [2.24, 2.45) is 7.05 Å². The summed E-state index contributed by atoms with van der Waals surface area (Å²) in [6.45, 7) is 4.17. The van der Waals surface area contributed by atoms with Crippen LogP contribution in [-0.4, -0.2) is 31.4 Å². The number of carbonyl (C=O) groups excluding carboxylic acids is 1. The van der Waals surface area contributed by atoms with Gasteiger partial charge in [-0.25, -0.2) is 4.98 Å². The summed E-state index contributed by atoms with van der Waals surface area (Å²) in [6, 6.07) is 16.1. The second-order valence-corrected chi connectivity index (χ2v) is 8.71. The van der Waals surface area contributed by atoms with Crippen LogP contribution in [0.2, 0.25) is 0 Å². The van der Waals surface area contributed by atoms with Crippen molar-refractivity contribution in [1.29, 1.82) is 0 Å². The van der Waals surface area contributed by atoms with Crippen LogP contribution < -0.4 is 5.32 Å². The second kappa shape index (κ2) is 8.81. The number of carbonyl (C=O) groups is 1. The highest BCUT2D eigenvalue weighted by Crippen LogP contribution is 2.27. The van der Waals surface area contributed by atoms with Crippen LogP contribution in [0.25, 0.3) is 22.6 Å². The Balaban J connectivity index is 1.37. The average molecular weight is 436 g/mol. The molecule has 0 saturated heterocycles. The Labute approximate surface area is 183 Å². The largest absolute Gasteiger partial charge is 0.305 e. The number of benzene rings is 2. The van der Waals surface area contributed by atoms with E-state index in [-0.39, 0.29) is 11.7 Å². The van der Waals surface area contributed by atoms with Crippen molar-refractivity contribution in [2.45, 2.75) is 19.0 Å². The molecular weight excluding hydrogens is 414 g/mol. The summed E-state index contributed by atoms with van der Waals surface area (Å²) in [7, 11) is 1.90. The minimum atomic E-state index is -0.120. The lowest BCUT2D eigenvalue weighted by atomic mass is 10.1. The monoisotopic (exact) mass is 435 g/mol. The van der Waals surface area contributed by atoms with Gasteiger partial charge in [0.15, 0.2) is 16.1 Å². The highest BCUT2D eigenvalue weighted by Gasteiger charge is 2.14. The number of rotatable bonds is 6. The van der Waals surface area contributed by atoms with Gasteiger partial charge < -0.3 is 9.88 Å². The minimum Gasteiger partial charge on any atom is -0.305 e. The van der Waals surface area contributed by atoms with E-state index in [1.165, 1.54) is 34.2 Å². The van der Waals surface area contributed by atoms with Gasteiger partial charge in [-0.2, -0.15) is 0 Å². The first-order valence-electron chi connectivity index (χ1n) is 9.42. The van der Waals surface area contributed by atoms with Gasteiger partial charge in [0.1, 0.15) is 0 Å². The van der Waals surface area contributed by atoms with E-state index in [0.29, 0.717) is 10.3 Å². The van der Waals surface area contributed by atoms with Crippen molar-refractivity contribution in [3.05, 3.63) is 65.0 Å².